The molecular formula is C17H10F3NO2. The van der Waals surface area contributed by atoms with Crippen molar-refractivity contribution in [2.45, 2.75) is 6.18 Å². The third kappa shape index (κ3) is 2.88. The number of nitrogens with zero attached hydrogens (tertiary/aromatic N) is 1. The quantitative estimate of drug-likeness (QED) is 0.790. The summed E-state index contributed by atoms with van der Waals surface area (Å²) >= 11 is 0. The monoisotopic (exact) mass is 317 g/mol. The Morgan fingerprint density at radius 1 is 0.783 bits per heavy atom. The number of amides is 2. The Hall–Kier alpha value is -2.89. The van der Waals surface area contributed by atoms with Crippen LogP contribution in [0.3, 0.4) is 0 Å². The normalized spacial score (nSPS) is 14.7. The fourth-order valence-electron chi connectivity index (χ4n) is 2.35. The summed E-state index contributed by atoms with van der Waals surface area (Å²) in [7, 11) is 0. The zero-order valence-electron chi connectivity index (χ0n) is 11.7. The highest BCUT2D eigenvalue weighted by Gasteiger charge is 2.30. The molecule has 3 rings (SSSR count). The van der Waals surface area contributed by atoms with Gasteiger partial charge in [-0.2, -0.15) is 13.2 Å². The maximum Gasteiger partial charge on any atom is 0.416 e. The van der Waals surface area contributed by atoms with Crippen molar-refractivity contribution in [3.05, 3.63) is 66.2 Å². The molecule has 0 bridgehead atoms. The molecule has 116 valence electrons. The molecule has 0 spiro atoms. The summed E-state index contributed by atoms with van der Waals surface area (Å²) in [6.45, 7) is 0. The molecule has 1 aliphatic rings. The molecule has 0 radical (unpaired) electrons. The minimum atomic E-state index is -4.43. The number of halogens is 3. The van der Waals surface area contributed by atoms with Gasteiger partial charge < -0.3 is 0 Å². The van der Waals surface area contributed by atoms with Crippen LogP contribution in [0.1, 0.15) is 5.56 Å². The van der Waals surface area contributed by atoms with Crippen LogP contribution >= 0.6 is 0 Å². The molecule has 0 unspecified atom stereocenters. The molecular weight excluding hydrogens is 307 g/mol. The smallest absolute Gasteiger partial charge is 0.269 e. The third-order valence-electron chi connectivity index (χ3n) is 3.44. The van der Waals surface area contributed by atoms with Crippen LogP contribution in [0.5, 0.6) is 0 Å². The lowest BCUT2D eigenvalue weighted by Crippen LogP contribution is -2.29. The van der Waals surface area contributed by atoms with Gasteiger partial charge in [-0.1, -0.05) is 24.3 Å². The Kier molecular flexibility index (Phi) is 3.52. The maximum absolute atomic E-state index is 12.8. The summed E-state index contributed by atoms with van der Waals surface area (Å²) in [5.74, 6) is -0.951. The number of alkyl halides is 3. The topological polar surface area (TPSA) is 37.4 Å². The molecule has 2 aromatic carbocycles. The minimum absolute atomic E-state index is 0.319. The van der Waals surface area contributed by atoms with Crippen LogP contribution in [0, 0.1) is 0 Å². The van der Waals surface area contributed by atoms with Crippen molar-refractivity contribution in [3.63, 3.8) is 0 Å². The van der Waals surface area contributed by atoms with E-state index in [1.165, 1.54) is 12.1 Å². The molecule has 0 N–H and O–H groups in total. The zero-order valence-corrected chi connectivity index (χ0v) is 11.7. The first-order chi connectivity index (χ1) is 10.9. The first-order valence-electron chi connectivity index (χ1n) is 6.70. The fourth-order valence-corrected chi connectivity index (χ4v) is 2.35. The standard InChI is InChI=1S/C17H10F3NO2/c18-17(19,20)13-5-1-3-11(9-13)12-4-2-6-14(10-12)21-15(22)7-8-16(21)23/h1-10H. The number of hydrogen-bond acceptors (Lipinski definition) is 2. The molecule has 0 aromatic heterocycles. The lowest BCUT2D eigenvalue weighted by Gasteiger charge is -2.15. The van der Waals surface area contributed by atoms with E-state index >= 15 is 0 Å². The van der Waals surface area contributed by atoms with E-state index in [0.29, 0.717) is 16.8 Å². The van der Waals surface area contributed by atoms with Gasteiger partial charge in [0, 0.05) is 12.2 Å². The van der Waals surface area contributed by atoms with Gasteiger partial charge >= 0.3 is 6.18 Å². The Labute approximate surface area is 129 Å². The highest BCUT2D eigenvalue weighted by molar-refractivity contribution is 6.28. The summed E-state index contributed by atoms with van der Waals surface area (Å²) in [5.41, 5.74) is 0.408. The Balaban J connectivity index is 2.01. The van der Waals surface area contributed by atoms with Crippen LogP contribution in [0.25, 0.3) is 11.1 Å². The van der Waals surface area contributed by atoms with Gasteiger partial charge in [0.05, 0.1) is 11.3 Å². The third-order valence-corrected chi connectivity index (χ3v) is 3.44. The molecule has 2 aromatic rings. The van der Waals surface area contributed by atoms with Crippen molar-refractivity contribution in [1.29, 1.82) is 0 Å². The van der Waals surface area contributed by atoms with Gasteiger partial charge in [-0.3, -0.25) is 9.59 Å². The van der Waals surface area contributed by atoms with E-state index in [-0.39, 0.29) is 0 Å². The van der Waals surface area contributed by atoms with Gasteiger partial charge in [-0.15, -0.1) is 0 Å². The van der Waals surface area contributed by atoms with Gasteiger partial charge in [0.25, 0.3) is 11.8 Å². The van der Waals surface area contributed by atoms with Crippen LogP contribution in [0.2, 0.25) is 0 Å². The summed E-state index contributed by atoms with van der Waals surface area (Å²) in [4.78, 5) is 24.3. The summed E-state index contributed by atoms with van der Waals surface area (Å²) in [6, 6.07) is 11.2. The molecule has 3 nitrogen and oxygen atoms in total. The average molecular weight is 317 g/mol. The largest absolute Gasteiger partial charge is 0.416 e. The predicted octanol–water partition coefficient (Wildman–Crippen LogP) is 3.80. The number of hydrogen-bond donors (Lipinski definition) is 0. The number of rotatable bonds is 2. The lowest BCUT2D eigenvalue weighted by molar-refractivity contribution is -0.137. The van der Waals surface area contributed by atoms with Crippen molar-refractivity contribution in [2.75, 3.05) is 4.90 Å². The molecule has 1 aliphatic heterocycles. The van der Waals surface area contributed by atoms with Crippen molar-refractivity contribution < 1.29 is 22.8 Å². The second kappa shape index (κ2) is 5.39. The van der Waals surface area contributed by atoms with Crippen molar-refractivity contribution in [3.8, 4) is 11.1 Å². The Bertz CT molecular complexity index is 807. The predicted molar refractivity (Wildman–Crippen MR) is 78.5 cm³/mol. The van der Waals surface area contributed by atoms with E-state index in [9.17, 15) is 22.8 Å². The molecule has 6 heteroatoms. The molecule has 0 fully saturated rings. The van der Waals surface area contributed by atoms with Crippen LogP contribution < -0.4 is 4.90 Å². The lowest BCUT2D eigenvalue weighted by atomic mass is 10.0. The first kappa shape index (κ1) is 15.0. The van der Waals surface area contributed by atoms with Crippen LogP contribution in [-0.4, -0.2) is 11.8 Å². The first-order valence-corrected chi connectivity index (χ1v) is 6.70. The summed E-state index contributed by atoms with van der Waals surface area (Å²) in [5, 5.41) is 0. The van der Waals surface area contributed by atoms with Crippen molar-refractivity contribution in [2.24, 2.45) is 0 Å². The van der Waals surface area contributed by atoms with Crippen molar-refractivity contribution >= 4 is 17.5 Å². The summed E-state index contributed by atoms with van der Waals surface area (Å²) < 4.78 is 38.4. The SMILES string of the molecule is O=C1C=CC(=O)N1c1cccc(-c2cccc(C(F)(F)F)c2)c1. The second-order valence-electron chi connectivity index (χ2n) is 4.97. The zero-order chi connectivity index (χ0) is 16.6. The van der Waals surface area contributed by atoms with Gasteiger partial charge in [0.2, 0.25) is 0 Å². The number of imide groups is 1. The van der Waals surface area contributed by atoms with E-state index in [4.69, 9.17) is 0 Å². The molecule has 0 saturated carbocycles. The van der Waals surface area contributed by atoms with Gasteiger partial charge in [0.1, 0.15) is 0 Å². The second-order valence-corrected chi connectivity index (χ2v) is 4.97. The average Bonchev–Trinajstić information content (AvgIpc) is 2.86. The molecule has 23 heavy (non-hydrogen) atoms. The Morgan fingerprint density at radius 2 is 1.35 bits per heavy atom. The molecule has 1 heterocycles. The summed E-state index contributed by atoms with van der Waals surface area (Å²) in [6.07, 6.45) is -2.13. The molecule has 0 atom stereocenters. The molecule has 0 aliphatic carbocycles. The van der Waals surface area contributed by atoms with Crippen molar-refractivity contribution in [1.82, 2.24) is 0 Å². The van der Waals surface area contributed by atoms with Crippen LogP contribution in [0.4, 0.5) is 18.9 Å². The van der Waals surface area contributed by atoms with E-state index in [2.05, 4.69) is 0 Å². The highest BCUT2D eigenvalue weighted by atomic mass is 19.4. The van der Waals surface area contributed by atoms with Gasteiger partial charge in [-0.05, 0) is 35.4 Å². The maximum atomic E-state index is 12.8. The van der Waals surface area contributed by atoms with E-state index in [0.717, 1.165) is 29.2 Å². The van der Waals surface area contributed by atoms with E-state index < -0.39 is 23.6 Å². The Morgan fingerprint density at radius 3 is 1.96 bits per heavy atom. The number of carbonyl (C=O) groups excluding carboxylic acids is 2. The number of carbonyl (C=O) groups is 2. The fraction of sp³-hybridized carbons (Fsp3) is 0.0588. The van der Waals surface area contributed by atoms with Crippen LogP contribution in [-0.2, 0) is 15.8 Å². The molecule has 2 amide bonds. The van der Waals surface area contributed by atoms with Crippen LogP contribution in [0.15, 0.2) is 60.7 Å². The number of benzene rings is 2. The minimum Gasteiger partial charge on any atom is -0.269 e. The molecule has 0 saturated heterocycles. The van der Waals surface area contributed by atoms with Gasteiger partial charge in [0.15, 0.2) is 0 Å². The van der Waals surface area contributed by atoms with Gasteiger partial charge in [-0.25, -0.2) is 4.90 Å². The van der Waals surface area contributed by atoms with E-state index in [1.54, 1.807) is 24.3 Å². The van der Waals surface area contributed by atoms with E-state index in [1.807, 2.05) is 0 Å². The number of anilines is 1. The highest BCUT2D eigenvalue weighted by Crippen LogP contribution is 2.33.